The average molecular weight is 263 g/mol. The normalized spacial score (nSPS) is 17.6. The molecule has 4 nitrogen and oxygen atoms in total. The summed E-state index contributed by atoms with van der Waals surface area (Å²) < 4.78 is 5.99. The molecule has 0 atom stereocenters. The van der Waals surface area contributed by atoms with E-state index in [1.807, 2.05) is 13.0 Å². The molecular formula is C15H25N3O. The number of aromatic nitrogens is 1. The van der Waals surface area contributed by atoms with Crippen LogP contribution in [0, 0.1) is 6.92 Å². The number of nitrogens with zero attached hydrogens (tertiary/aromatic N) is 2. The van der Waals surface area contributed by atoms with Gasteiger partial charge in [0.15, 0.2) is 0 Å². The van der Waals surface area contributed by atoms with Gasteiger partial charge in [0, 0.05) is 31.4 Å². The maximum Gasteiger partial charge on any atom is 0.213 e. The van der Waals surface area contributed by atoms with Crippen LogP contribution in [0.4, 0.5) is 0 Å². The first-order valence-corrected chi connectivity index (χ1v) is 7.21. The minimum Gasteiger partial charge on any atom is -0.474 e. The third kappa shape index (κ3) is 4.18. The van der Waals surface area contributed by atoms with Crippen molar-refractivity contribution < 1.29 is 4.74 Å². The van der Waals surface area contributed by atoms with E-state index in [4.69, 9.17) is 4.74 Å². The van der Waals surface area contributed by atoms with Gasteiger partial charge in [-0.25, -0.2) is 4.98 Å². The summed E-state index contributed by atoms with van der Waals surface area (Å²) in [6.45, 7) is 8.25. The Balaban J connectivity index is 1.92. The molecular weight excluding hydrogens is 238 g/mol. The van der Waals surface area contributed by atoms with Crippen molar-refractivity contribution >= 4 is 0 Å². The van der Waals surface area contributed by atoms with Crippen molar-refractivity contribution in [1.29, 1.82) is 0 Å². The van der Waals surface area contributed by atoms with Gasteiger partial charge < -0.3 is 15.0 Å². The minimum atomic E-state index is 0.322. The molecule has 1 saturated heterocycles. The summed E-state index contributed by atoms with van der Waals surface area (Å²) in [5, 5.41) is 3.32. The molecule has 1 aliphatic rings. The van der Waals surface area contributed by atoms with Crippen LogP contribution in [0.3, 0.4) is 0 Å². The van der Waals surface area contributed by atoms with Crippen LogP contribution in [0.5, 0.6) is 5.88 Å². The second kappa shape index (κ2) is 6.87. The number of piperidine rings is 1. The van der Waals surface area contributed by atoms with Gasteiger partial charge in [-0.3, -0.25) is 0 Å². The van der Waals surface area contributed by atoms with Gasteiger partial charge in [0.1, 0.15) is 6.10 Å². The molecule has 1 fully saturated rings. The third-order valence-corrected chi connectivity index (χ3v) is 3.69. The lowest BCUT2D eigenvalue weighted by Gasteiger charge is -2.29. The number of hydrogen-bond acceptors (Lipinski definition) is 4. The van der Waals surface area contributed by atoms with Crippen LogP contribution in [0.15, 0.2) is 12.1 Å². The van der Waals surface area contributed by atoms with E-state index in [0.717, 1.165) is 50.6 Å². The predicted molar refractivity (Wildman–Crippen MR) is 77.5 cm³/mol. The number of aryl methyl sites for hydroxylation is 1. The highest BCUT2D eigenvalue weighted by molar-refractivity contribution is 5.25. The molecule has 0 aliphatic carbocycles. The van der Waals surface area contributed by atoms with Crippen LogP contribution in [-0.2, 0) is 6.54 Å². The van der Waals surface area contributed by atoms with Crippen LogP contribution in [-0.4, -0.2) is 42.7 Å². The standard InChI is InChI=1S/C15H25N3O/c1-4-16-11-13-5-6-15(17-12(13)2)19-14-7-9-18(3)10-8-14/h5-6,14,16H,4,7-11H2,1-3H3. The fourth-order valence-corrected chi connectivity index (χ4v) is 2.35. The molecule has 0 aromatic carbocycles. The number of nitrogens with one attached hydrogen (secondary N) is 1. The third-order valence-electron chi connectivity index (χ3n) is 3.69. The predicted octanol–water partition coefficient (Wildman–Crippen LogP) is 1.97. The summed E-state index contributed by atoms with van der Waals surface area (Å²) in [7, 11) is 2.16. The van der Waals surface area contributed by atoms with Crippen molar-refractivity contribution in [3.05, 3.63) is 23.4 Å². The van der Waals surface area contributed by atoms with E-state index in [-0.39, 0.29) is 0 Å². The topological polar surface area (TPSA) is 37.4 Å². The summed E-state index contributed by atoms with van der Waals surface area (Å²) in [5.41, 5.74) is 2.31. The second-order valence-electron chi connectivity index (χ2n) is 5.29. The highest BCUT2D eigenvalue weighted by atomic mass is 16.5. The van der Waals surface area contributed by atoms with Crippen molar-refractivity contribution in [2.75, 3.05) is 26.7 Å². The van der Waals surface area contributed by atoms with Crippen molar-refractivity contribution in [1.82, 2.24) is 15.2 Å². The molecule has 1 aromatic rings. The molecule has 19 heavy (non-hydrogen) atoms. The SMILES string of the molecule is CCNCc1ccc(OC2CCN(C)CC2)nc1C. The Morgan fingerprint density at radius 3 is 2.74 bits per heavy atom. The molecule has 0 spiro atoms. The number of hydrogen-bond donors (Lipinski definition) is 1. The van der Waals surface area contributed by atoms with Gasteiger partial charge in [0.05, 0.1) is 0 Å². The maximum absolute atomic E-state index is 5.99. The number of pyridine rings is 1. The number of rotatable bonds is 5. The molecule has 0 unspecified atom stereocenters. The molecule has 1 N–H and O–H groups in total. The summed E-state index contributed by atoms with van der Waals surface area (Å²) in [4.78, 5) is 6.91. The largest absolute Gasteiger partial charge is 0.474 e. The Labute approximate surface area is 116 Å². The van der Waals surface area contributed by atoms with Crippen LogP contribution in [0.2, 0.25) is 0 Å². The lowest BCUT2D eigenvalue weighted by Crippen LogP contribution is -2.35. The van der Waals surface area contributed by atoms with Gasteiger partial charge in [-0.2, -0.15) is 0 Å². The smallest absolute Gasteiger partial charge is 0.213 e. The van der Waals surface area contributed by atoms with E-state index in [2.05, 4.69) is 35.2 Å². The summed E-state index contributed by atoms with van der Waals surface area (Å²) in [5.74, 6) is 0.771. The fourth-order valence-electron chi connectivity index (χ4n) is 2.35. The van der Waals surface area contributed by atoms with E-state index in [9.17, 15) is 0 Å². The first-order chi connectivity index (χ1) is 9.19. The number of likely N-dealkylation sites (tertiary alicyclic amines) is 1. The van der Waals surface area contributed by atoms with Gasteiger partial charge in [-0.15, -0.1) is 0 Å². The Morgan fingerprint density at radius 2 is 2.11 bits per heavy atom. The molecule has 106 valence electrons. The first-order valence-electron chi connectivity index (χ1n) is 7.21. The molecule has 0 amide bonds. The van der Waals surface area contributed by atoms with E-state index < -0.39 is 0 Å². The molecule has 0 saturated carbocycles. The highest BCUT2D eigenvalue weighted by Crippen LogP contribution is 2.18. The van der Waals surface area contributed by atoms with Crippen LogP contribution < -0.4 is 10.1 Å². The second-order valence-corrected chi connectivity index (χ2v) is 5.29. The maximum atomic E-state index is 5.99. The Kier molecular flexibility index (Phi) is 5.16. The first kappa shape index (κ1) is 14.3. The van der Waals surface area contributed by atoms with Gasteiger partial charge in [0.25, 0.3) is 0 Å². The molecule has 0 radical (unpaired) electrons. The van der Waals surface area contributed by atoms with Gasteiger partial charge in [-0.1, -0.05) is 13.0 Å². The molecule has 4 heteroatoms. The lowest BCUT2D eigenvalue weighted by molar-refractivity contribution is 0.110. The van der Waals surface area contributed by atoms with Crippen LogP contribution >= 0.6 is 0 Å². The van der Waals surface area contributed by atoms with Gasteiger partial charge >= 0.3 is 0 Å². The zero-order valence-electron chi connectivity index (χ0n) is 12.3. The Morgan fingerprint density at radius 1 is 1.37 bits per heavy atom. The number of ether oxygens (including phenoxy) is 1. The van der Waals surface area contributed by atoms with Crippen molar-refractivity contribution in [3.63, 3.8) is 0 Å². The van der Waals surface area contributed by atoms with Crippen LogP contribution in [0.1, 0.15) is 31.0 Å². The lowest BCUT2D eigenvalue weighted by atomic mass is 10.1. The fraction of sp³-hybridized carbons (Fsp3) is 0.667. The Bertz CT molecular complexity index is 400. The van der Waals surface area contributed by atoms with Crippen molar-refractivity contribution in [2.45, 2.75) is 39.3 Å². The van der Waals surface area contributed by atoms with E-state index in [1.54, 1.807) is 0 Å². The molecule has 1 aliphatic heterocycles. The molecule has 0 bridgehead atoms. The van der Waals surface area contributed by atoms with E-state index in [1.165, 1.54) is 5.56 Å². The van der Waals surface area contributed by atoms with E-state index >= 15 is 0 Å². The monoisotopic (exact) mass is 263 g/mol. The Hall–Kier alpha value is -1.13. The average Bonchev–Trinajstić information content (AvgIpc) is 2.41. The van der Waals surface area contributed by atoms with E-state index in [0.29, 0.717) is 6.10 Å². The minimum absolute atomic E-state index is 0.322. The zero-order chi connectivity index (χ0) is 13.7. The van der Waals surface area contributed by atoms with Crippen LogP contribution in [0.25, 0.3) is 0 Å². The zero-order valence-corrected chi connectivity index (χ0v) is 12.3. The molecule has 2 heterocycles. The van der Waals surface area contributed by atoms with Gasteiger partial charge in [0.2, 0.25) is 5.88 Å². The quantitative estimate of drug-likeness (QED) is 0.881. The van der Waals surface area contributed by atoms with Crippen molar-refractivity contribution in [3.8, 4) is 5.88 Å². The van der Waals surface area contributed by atoms with Gasteiger partial charge in [-0.05, 0) is 38.9 Å². The highest BCUT2D eigenvalue weighted by Gasteiger charge is 2.18. The van der Waals surface area contributed by atoms with Crippen molar-refractivity contribution in [2.24, 2.45) is 0 Å². The summed E-state index contributed by atoms with van der Waals surface area (Å²) in [6, 6.07) is 4.12. The molecule has 1 aromatic heterocycles. The summed E-state index contributed by atoms with van der Waals surface area (Å²) in [6.07, 6.45) is 2.51. The summed E-state index contributed by atoms with van der Waals surface area (Å²) >= 11 is 0. The molecule has 2 rings (SSSR count).